The van der Waals surface area contributed by atoms with Crippen molar-refractivity contribution in [3.8, 4) is 5.75 Å². The lowest BCUT2D eigenvalue weighted by atomic mass is 9.89. The van der Waals surface area contributed by atoms with E-state index in [0.717, 1.165) is 12.2 Å². The molecule has 18 heavy (non-hydrogen) atoms. The highest BCUT2D eigenvalue weighted by atomic mass is 16.5. The zero-order valence-corrected chi connectivity index (χ0v) is 12.1. The first-order valence-electron chi connectivity index (χ1n) is 6.74. The SMILES string of the molecule is CCOc1cc(CC)c2c(c1)C(C)=CC(C)(C)N2. The standard InChI is InChI=1S/C16H23NO/c1-6-12-8-13(18-7-2)9-14-11(3)10-16(4,5)17-15(12)14/h8-10,17H,6-7H2,1-5H3. The number of nitrogens with one attached hydrogen (secondary N) is 1. The molecule has 1 aromatic carbocycles. The van der Waals surface area contributed by atoms with Gasteiger partial charge >= 0.3 is 0 Å². The molecular weight excluding hydrogens is 222 g/mol. The van der Waals surface area contributed by atoms with Gasteiger partial charge < -0.3 is 10.1 Å². The second kappa shape index (κ2) is 4.68. The molecule has 98 valence electrons. The summed E-state index contributed by atoms with van der Waals surface area (Å²) in [7, 11) is 0. The van der Waals surface area contributed by atoms with E-state index in [1.807, 2.05) is 6.92 Å². The van der Waals surface area contributed by atoms with Gasteiger partial charge in [0, 0.05) is 11.3 Å². The normalized spacial score (nSPS) is 16.6. The molecule has 1 aliphatic heterocycles. The summed E-state index contributed by atoms with van der Waals surface area (Å²) in [5, 5.41) is 3.62. The van der Waals surface area contributed by atoms with E-state index < -0.39 is 0 Å². The van der Waals surface area contributed by atoms with Crippen molar-refractivity contribution in [2.75, 3.05) is 11.9 Å². The van der Waals surface area contributed by atoms with Gasteiger partial charge in [0.2, 0.25) is 0 Å². The molecule has 0 saturated heterocycles. The maximum atomic E-state index is 5.66. The third-order valence-corrected chi connectivity index (χ3v) is 3.33. The molecule has 0 atom stereocenters. The molecule has 2 rings (SSSR count). The van der Waals surface area contributed by atoms with Gasteiger partial charge in [0.05, 0.1) is 12.1 Å². The van der Waals surface area contributed by atoms with Crippen molar-refractivity contribution >= 4 is 11.3 Å². The largest absolute Gasteiger partial charge is 0.494 e. The summed E-state index contributed by atoms with van der Waals surface area (Å²) in [6.45, 7) is 11.5. The van der Waals surface area contributed by atoms with Crippen molar-refractivity contribution < 1.29 is 4.74 Å². The van der Waals surface area contributed by atoms with Crippen LogP contribution in [0.4, 0.5) is 5.69 Å². The highest BCUT2D eigenvalue weighted by Gasteiger charge is 2.24. The molecule has 1 aromatic rings. The van der Waals surface area contributed by atoms with Gasteiger partial charge in [-0.1, -0.05) is 13.0 Å². The zero-order chi connectivity index (χ0) is 13.3. The van der Waals surface area contributed by atoms with Crippen molar-refractivity contribution in [3.05, 3.63) is 29.3 Å². The van der Waals surface area contributed by atoms with Gasteiger partial charge in [-0.25, -0.2) is 0 Å². The molecule has 0 amide bonds. The van der Waals surface area contributed by atoms with E-state index in [0.29, 0.717) is 6.61 Å². The van der Waals surface area contributed by atoms with Crippen molar-refractivity contribution in [1.82, 2.24) is 0 Å². The Labute approximate surface area is 110 Å². The number of anilines is 1. The first-order chi connectivity index (χ1) is 8.46. The van der Waals surface area contributed by atoms with Crippen molar-refractivity contribution in [3.63, 3.8) is 0 Å². The third-order valence-electron chi connectivity index (χ3n) is 3.33. The minimum Gasteiger partial charge on any atom is -0.494 e. The predicted molar refractivity (Wildman–Crippen MR) is 78.3 cm³/mol. The van der Waals surface area contributed by atoms with Gasteiger partial charge in [0.1, 0.15) is 5.75 Å². The van der Waals surface area contributed by atoms with E-state index in [2.05, 4.69) is 51.2 Å². The van der Waals surface area contributed by atoms with Gasteiger partial charge in [-0.2, -0.15) is 0 Å². The second-order valence-corrected chi connectivity index (χ2v) is 5.47. The minimum atomic E-state index is 0.0220. The highest BCUT2D eigenvalue weighted by molar-refractivity contribution is 5.83. The fraction of sp³-hybridized carbons (Fsp3) is 0.500. The lowest BCUT2D eigenvalue weighted by molar-refractivity contribution is 0.340. The Balaban J connectivity index is 2.56. The molecule has 0 unspecified atom stereocenters. The summed E-state index contributed by atoms with van der Waals surface area (Å²) < 4.78 is 5.66. The smallest absolute Gasteiger partial charge is 0.120 e. The van der Waals surface area contributed by atoms with Crippen LogP contribution in [0, 0.1) is 0 Å². The molecule has 2 nitrogen and oxygen atoms in total. The van der Waals surface area contributed by atoms with Gasteiger partial charge in [0.15, 0.2) is 0 Å². The van der Waals surface area contributed by atoms with Crippen LogP contribution in [0.25, 0.3) is 5.57 Å². The van der Waals surface area contributed by atoms with Crippen LogP contribution in [-0.4, -0.2) is 12.1 Å². The van der Waals surface area contributed by atoms with Gasteiger partial charge in [0.25, 0.3) is 0 Å². The Morgan fingerprint density at radius 1 is 1.22 bits per heavy atom. The van der Waals surface area contributed by atoms with Crippen molar-refractivity contribution in [2.45, 2.75) is 46.6 Å². The molecule has 0 bridgehead atoms. The number of ether oxygens (including phenoxy) is 1. The fourth-order valence-corrected chi connectivity index (χ4v) is 2.64. The monoisotopic (exact) mass is 245 g/mol. The molecule has 0 radical (unpaired) electrons. The average Bonchev–Trinajstić information content (AvgIpc) is 2.28. The van der Waals surface area contributed by atoms with E-state index in [-0.39, 0.29) is 5.54 Å². The average molecular weight is 245 g/mol. The number of hydrogen-bond acceptors (Lipinski definition) is 2. The van der Waals surface area contributed by atoms with Crippen LogP contribution >= 0.6 is 0 Å². The number of hydrogen-bond donors (Lipinski definition) is 1. The van der Waals surface area contributed by atoms with Crippen LogP contribution in [0.5, 0.6) is 5.75 Å². The molecule has 2 heteroatoms. The molecule has 0 spiro atoms. The molecule has 0 aromatic heterocycles. The summed E-state index contributed by atoms with van der Waals surface area (Å²) in [5.41, 5.74) is 5.22. The van der Waals surface area contributed by atoms with Crippen LogP contribution in [0.1, 0.15) is 45.7 Å². The second-order valence-electron chi connectivity index (χ2n) is 5.47. The molecule has 1 aliphatic rings. The molecule has 0 fully saturated rings. The van der Waals surface area contributed by atoms with E-state index >= 15 is 0 Å². The van der Waals surface area contributed by atoms with Gasteiger partial charge in [-0.05, 0) is 57.4 Å². The Morgan fingerprint density at radius 2 is 1.94 bits per heavy atom. The Hall–Kier alpha value is -1.44. The van der Waals surface area contributed by atoms with Gasteiger partial charge in [-0.15, -0.1) is 0 Å². The number of allylic oxidation sites excluding steroid dienone is 1. The van der Waals surface area contributed by atoms with E-state index in [9.17, 15) is 0 Å². The Bertz CT molecular complexity index is 486. The van der Waals surface area contributed by atoms with E-state index in [4.69, 9.17) is 4.74 Å². The molecule has 0 aliphatic carbocycles. The number of rotatable bonds is 3. The lowest BCUT2D eigenvalue weighted by Gasteiger charge is -2.33. The van der Waals surface area contributed by atoms with Crippen LogP contribution < -0.4 is 10.1 Å². The highest BCUT2D eigenvalue weighted by Crippen LogP contribution is 2.38. The summed E-state index contributed by atoms with van der Waals surface area (Å²) in [4.78, 5) is 0. The first kappa shape index (κ1) is 13.0. The fourth-order valence-electron chi connectivity index (χ4n) is 2.64. The molecule has 0 saturated carbocycles. The quantitative estimate of drug-likeness (QED) is 0.859. The Kier molecular flexibility index (Phi) is 3.38. The van der Waals surface area contributed by atoms with Crippen molar-refractivity contribution in [2.24, 2.45) is 0 Å². The molecular formula is C16H23NO. The van der Waals surface area contributed by atoms with E-state index in [1.165, 1.54) is 22.4 Å². The topological polar surface area (TPSA) is 21.3 Å². The summed E-state index contributed by atoms with van der Waals surface area (Å²) in [6, 6.07) is 4.30. The van der Waals surface area contributed by atoms with E-state index in [1.54, 1.807) is 0 Å². The van der Waals surface area contributed by atoms with Gasteiger partial charge in [-0.3, -0.25) is 0 Å². The Morgan fingerprint density at radius 3 is 2.56 bits per heavy atom. The van der Waals surface area contributed by atoms with Crippen LogP contribution in [0.2, 0.25) is 0 Å². The summed E-state index contributed by atoms with van der Waals surface area (Å²) >= 11 is 0. The lowest BCUT2D eigenvalue weighted by Crippen LogP contribution is -2.32. The zero-order valence-electron chi connectivity index (χ0n) is 12.1. The molecule has 1 heterocycles. The maximum absolute atomic E-state index is 5.66. The van der Waals surface area contributed by atoms with Crippen LogP contribution in [0.15, 0.2) is 18.2 Å². The van der Waals surface area contributed by atoms with Crippen LogP contribution in [0.3, 0.4) is 0 Å². The van der Waals surface area contributed by atoms with Crippen LogP contribution in [-0.2, 0) is 6.42 Å². The molecule has 1 N–H and O–H groups in total. The first-order valence-corrected chi connectivity index (χ1v) is 6.74. The number of benzene rings is 1. The summed E-state index contributed by atoms with van der Waals surface area (Å²) in [5.74, 6) is 0.974. The summed E-state index contributed by atoms with van der Waals surface area (Å²) in [6.07, 6.45) is 3.30. The number of aryl methyl sites for hydroxylation is 1. The third kappa shape index (κ3) is 2.38. The maximum Gasteiger partial charge on any atom is 0.120 e. The minimum absolute atomic E-state index is 0.0220. The predicted octanol–water partition coefficient (Wildman–Crippen LogP) is 4.26. The van der Waals surface area contributed by atoms with Crippen molar-refractivity contribution in [1.29, 1.82) is 0 Å². The number of fused-ring (bicyclic) bond motifs is 1.